The van der Waals surface area contributed by atoms with Gasteiger partial charge in [0.05, 0.1) is 18.3 Å². The molecule has 1 fully saturated rings. The van der Waals surface area contributed by atoms with Gasteiger partial charge in [0, 0.05) is 11.3 Å². The Morgan fingerprint density at radius 2 is 1.88 bits per heavy atom. The van der Waals surface area contributed by atoms with Crippen LogP contribution in [-0.2, 0) is 9.31 Å². The molecule has 1 N–H and O–H groups in total. The molecule has 1 aliphatic rings. The van der Waals surface area contributed by atoms with Crippen molar-refractivity contribution >= 4 is 31.8 Å². The van der Waals surface area contributed by atoms with Gasteiger partial charge in [-0.2, -0.15) is 12.6 Å². The molecule has 0 amide bonds. The molecule has 5 nitrogen and oxygen atoms in total. The van der Waals surface area contributed by atoms with Gasteiger partial charge < -0.3 is 19.2 Å². The number of carboxylic acids is 1. The molecule has 0 unspecified atom stereocenters. The molecule has 1 heterocycles. The first-order chi connectivity index (χ1) is 11.1. The summed E-state index contributed by atoms with van der Waals surface area (Å²) in [6, 6.07) is 4.98. The van der Waals surface area contributed by atoms with Gasteiger partial charge in [0.2, 0.25) is 0 Å². The Balaban J connectivity index is 2.43. The highest BCUT2D eigenvalue weighted by Crippen LogP contribution is 2.39. The zero-order valence-electron chi connectivity index (χ0n) is 14.6. The monoisotopic (exact) mass is 350 g/mol. The number of benzene rings is 1. The number of para-hydroxylation sites is 1. The second kappa shape index (κ2) is 6.82. The van der Waals surface area contributed by atoms with Crippen LogP contribution in [0.3, 0.4) is 0 Å². The molecule has 1 aromatic carbocycles. The minimum Gasteiger partial charge on any atom is -0.495 e. The fraction of sp³-hybridized carbons (Fsp3) is 0.471. The zero-order valence-corrected chi connectivity index (χ0v) is 15.5. The van der Waals surface area contributed by atoms with Crippen molar-refractivity contribution in [1.29, 1.82) is 0 Å². The van der Waals surface area contributed by atoms with Crippen LogP contribution in [0.2, 0.25) is 0 Å². The van der Waals surface area contributed by atoms with E-state index in [1.807, 2.05) is 33.8 Å². The van der Waals surface area contributed by atoms with Gasteiger partial charge in [0.1, 0.15) is 11.3 Å². The van der Waals surface area contributed by atoms with Crippen LogP contribution in [0.4, 0.5) is 0 Å². The van der Waals surface area contributed by atoms with E-state index in [4.69, 9.17) is 14.0 Å². The van der Waals surface area contributed by atoms with E-state index in [-0.39, 0.29) is 5.56 Å². The number of carboxylic acid groups (broad SMARTS) is 1. The van der Waals surface area contributed by atoms with Gasteiger partial charge in [0.25, 0.3) is 0 Å². The van der Waals surface area contributed by atoms with Crippen molar-refractivity contribution in [3.8, 4) is 5.75 Å². The maximum absolute atomic E-state index is 11.3. The average molecular weight is 350 g/mol. The number of aromatic carboxylic acids is 1. The summed E-state index contributed by atoms with van der Waals surface area (Å²) in [6.45, 7) is 7.92. The molecule has 0 spiro atoms. The Labute approximate surface area is 148 Å². The van der Waals surface area contributed by atoms with E-state index in [9.17, 15) is 9.90 Å². The third-order valence-electron chi connectivity index (χ3n) is 4.56. The van der Waals surface area contributed by atoms with Crippen LogP contribution >= 0.6 is 12.6 Å². The Morgan fingerprint density at radius 1 is 1.29 bits per heavy atom. The minimum absolute atomic E-state index is 0.110. The van der Waals surface area contributed by atoms with Crippen molar-refractivity contribution in [3.63, 3.8) is 0 Å². The topological polar surface area (TPSA) is 65.0 Å². The summed E-state index contributed by atoms with van der Waals surface area (Å²) >= 11 is 4.38. The molecule has 0 aromatic heterocycles. The smallest absolute Gasteiger partial charge is 0.491 e. The van der Waals surface area contributed by atoms with Crippen molar-refractivity contribution < 1.29 is 23.9 Å². The number of ether oxygens (including phenoxy) is 1. The predicted molar refractivity (Wildman–Crippen MR) is 97.9 cm³/mol. The van der Waals surface area contributed by atoms with Crippen LogP contribution < -0.4 is 4.74 Å². The molecule has 130 valence electrons. The highest BCUT2D eigenvalue weighted by Gasteiger charge is 2.52. The Kier molecular flexibility index (Phi) is 5.37. The number of hydrogen-bond donors (Lipinski definition) is 2. The molecule has 1 saturated heterocycles. The van der Waals surface area contributed by atoms with Crippen molar-refractivity contribution in [2.24, 2.45) is 0 Å². The lowest BCUT2D eigenvalue weighted by Crippen LogP contribution is -2.41. The first-order valence-corrected chi connectivity index (χ1v) is 8.33. The highest BCUT2D eigenvalue weighted by atomic mass is 32.1. The Morgan fingerprint density at radius 3 is 2.33 bits per heavy atom. The molecule has 0 radical (unpaired) electrons. The number of hydrogen-bond acceptors (Lipinski definition) is 5. The largest absolute Gasteiger partial charge is 0.495 e. The molecule has 24 heavy (non-hydrogen) atoms. The van der Waals surface area contributed by atoms with Crippen LogP contribution in [0.5, 0.6) is 5.75 Å². The lowest BCUT2D eigenvalue weighted by molar-refractivity contribution is 0.00578. The third kappa shape index (κ3) is 3.48. The van der Waals surface area contributed by atoms with Crippen molar-refractivity contribution in [2.45, 2.75) is 38.9 Å². The summed E-state index contributed by atoms with van der Waals surface area (Å²) in [4.78, 5) is 11.3. The second-order valence-electron chi connectivity index (χ2n) is 6.70. The van der Waals surface area contributed by atoms with Gasteiger partial charge in [0.15, 0.2) is 0 Å². The van der Waals surface area contributed by atoms with E-state index < -0.39 is 24.3 Å². The van der Waals surface area contributed by atoms with E-state index >= 15 is 0 Å². The number of rotatable bonds is 5. The Bertz CT molecular complexity index is 653. The van der Waals surface area contributed by atoms with E-state index in [1.165, 1.54) is 13.2 Å². The van der Waals surface area contributed by atoms with Gasteiger partial charge in [-0.1, -0.05) is 18.2 Å². The molecular weight excluding hydrogens is 327 g/mol. The Hall–Kier alpha value is -1.44. The van der Waals surface area contributed by atoms with Crippen LogP contribution in [0, 0.1) is 0 Å². The van der Waals surface area contributed by atoms with Crippen LogP contribution in [0.15, 0.2) is 23.7 Å². The minimum atomic E-state index is -1.04. The fourth-order valence-electron chi connectivity index (χ4n) is 2.45. The number of carbonyl (C=O) groups is 1. The van der Waals surface area contributed by atoms with Gasteiger partial charge in [-0.3, -0.25) is 0 Å². The van der Waals surface area contributed by atoms with Gasteiger partial charge >= 0.3 is 13.1 Å². The summed E-state index contributed by atoms with van der Waals surface area (Å²) < 4.78 is 17.4. The van der Waals surface area contributed by atoms with Crippen molar-refractivity contribution in [1.82, 2.24) is 0 Å². The van der Waals surface area contributed by atoms with E-state index in [0.29, 0.717) is 17.1 Å². The molecule has 1 aliphatic heterocycles. The maximum atomic E-state index is 11.3. The zero-order chi connectivity index (χ0) is 18.1. The van der Waals surface area contributed by atoms with Crippen LogP contribution in [0.1, 0.15) is 43.6 Å². The molecule has 0 atom stereocenters. The molecular formula is C17H23BO5S. The second-order valence-corrected chi connectivity index (χ2v) is 7.02. The lowest BCUT2D eigenvalue weighted by atomic mass is 9.78. The van der Waals surface area contributed by atoms with E-state index in [2.05, 4.69) is 12.6 Å². The van der Waals surface area contributed by atoms with E-state index in [0.717, 1.165) is 5.47 Å². The average Bonchev–Trinajstić information content (AvgIpc) is 2.72. The summed E-state index contributed by atoms with van der Waals surface area (Å²) in [5, 5.41) is 9.30. The molecule has 0 bridgehead atoms. The molecule has 2 rings (SSSR count). The third-order valence-corrected chi connectivity index (χ3v) is 4.92. The van der Waals surface area contributed by atoms with Crippen LogP contribution in [-0.4, -0.2) is 42.3 Å². The molecule has 0 aliphatic carbocycles. The van der Waals surface area contributed by atoms with Crippen LogP contribution in [0.25, 0.3) is 6.08 Å². The molecule has 7 heteroatoms. The fourth-order valence-corrected chi connectivity index (χ4v) is 2.69. The lowest BCUT2D eigenvalue weighted by Gasteiger charge is -2.32. The van der Waals surface area contributed by atoms with Crippen molar-refractivity contribution in [3.05, 3.63) is 34.8 Å². The predicted octanol–water partition coefficient (Wildman–Crippen LogP) is 3.34. The quantitative estimate of drug-likeness (QED) is 0.630. The first-order valence-electron chi connectivity index (χ1n) is 7.70. The number of methoxy groups -OCH3 is 1. The van der Waals surface area contributed by atoms with Gasteiger partial charge in [-0.25, -0.2) is 4.79 Å². The first kappa shape index (κ1) is 18.9. The summed E-state index contributed by atoms with van der Waals surface area (Å²) in [7, 11) is 0.916. The van der Waals surface area contributed by atoms with Crippen molar-refractivity contribution in [2.75, 3.05) is 12.9 Å². The van der Waals surface area contributed by atoms with Gasteiger partial charge in [-0.15, -0.1) is 0 Å². The molecule has 0 saturated carbocycles. The standard InChI is InChI=1S/C17H23BO5S/c1-16(2)17(3,4)23-18(22-16)12(10-24)9-11-7-6-8-13(15(19)20)14(11)21-5/h6-9,24H,10H2,1-5H3,(H,19,20). The SMILES string of the molecule is COc1c(C=C(CS)B2OC(C)(C)C(C)(C)O2)cccc1C(=O)O. The normalized spacial score (nSPS) is 19.4. The summed E-state index contributed by atoms with van der Waals surface area (Å²) in [5.74, 6) is -0.317. The maximum Gasteiger partial charge on any atom is 0.491 e. The summed E-state index contributed by atoms with van der Waals surface area (Å²) in [6.07, 6.45) is 1.82. The number of thiol groups is 1. The summed E-state index contributed by atoms with van der Waals surface area (Å²) in [5.41, 5.74) is 0.659. The van der Waals surface area contributed by atoms with E-state index in [1.54, 1.807) is 12.1 Å². The van der Waals surface area contributed by atoms with Gasteiger partial charge in [-0.05, 0) is 39.2 Å². The molecule has 1 aromatic rings. The highest BCUT2D eigenvalue weighted by molar-refractivity contribution is 7.80.